The van der Waals surface area contributed by atoms with Gasteiger partial charge >= 0.3 is 0 Å². The SMILES string of the molecule is CCOc1cccc2sc(N(Cc3ccccc3)C(=O)c3cc(OC)c(OC)cc3[N+](=O)[O-])nc12. The first-order valence-electron chi connectivity index (χ1n) is 10.7. The van der Waals surface area contributed by atoms with Crippen LogP contribution in [0.3, 0.4) is 0 Å². The first kappa shape index (κ1) is 24.0. The summed E-state index contributed by atoms with van der Waals surface area (Å²) >= 11 is 1.31. The Labute approximate surface area is 205 Å². The number of anilines is 1. The third-order valence-electron chi connectivity index (χ3n) is 5.26. The predicted molar refractivity (Wildman–Crippen MR) is 134 cm³/mol. The molecular weight excluding hydrogens is 470 g/mol. The number of nitro benzene ring substituents is 1. The predicted octanol–water partition coefficient (Wildman–Crippen LogP) is 5.47. The first-order valence-corrected chi connectivity index (χ1v) is 11.6. The lowest BCUT2D eigenvalue weighted by atomic mass is 10.1. The number of para-hydroxylation sites is 1. The minimum absolute atomic E-state index is 0.132. The highest BCUT2D eigenvalue weighted by Gasteiger charge is 2.30. The van der Waals surface area contributed by atoms with Gasteiger partial charge in [0.2, 0.25) is 0 Å². The van der Waals surface area contributed by atoms with Crippen LogP contribution in [-0.4, -0.2) is 36.6 Å². The van der Waals surface area contributed by atoms with Crippen LogP contribution < -0.4 is 19.1 Å². The van der Waals surface area contributed by atoms with Gasteiger partial charge in [0.05, 0.1) is 43.1 Å². The van der Waals surface area contributed by atoms with Gasteiger partial charge < -0.3 is 14.2 Å². The molecule has 1 aromatic heterocycles. The Hall–Kier alpha value is -4.18. The number of aromatic nitrogens is 1. The lowest BCUT2D eigenvalue weighted by molar-refractivity contribution is -0.385. The van der Waals surface area contributed by atoms with Crippen molar-refractivity contribution in [3.05, 3.63) is 81.9 Å². The number of hydrogen-bond acceptors (Lipinski definition) is 8. The number of nitro groups is 1. The zero-order chi connectivity index (χ0) is 24.9. The van der Waals surface area contributed by atoms with Gasteiger partial charge in [0.15, 0.2) is 16.6 Å². The molecule has 0 fully saturated rings. The molecule has 3 aromatic carbocycles. The van der Waals surface area contributed by atoms with E-state index in [2.05, 4.69) is 0 Å². The van der Waals surface area contributed by atoms with E-state index in [-0.39, 0.29) is 29.3 Å². The Morgan fingerprint density at radius 1 is 1.03 bits per heavy atom. The number of benzene rings is 3. The van der Waals surface area contributed by atoms with Crippen molar-refractivity contribution in [3.63, 3.8) is 0 Å². The highest BCUT2D eigenvalue weighted by atomic mass is 32.1. The van der Waals surface area contributed by atoms with Crippen LogP contribution in [0, 0.1) is 10.1 Å². The van der Waals surface area contributed by atoms with E-state index in [4.69, 9.17) is 19.2 Å². The number of methoxy groups -OCH3 is 2. The van der Waals surface area contributed by atoms with Gasteiger partial charge in [-0.1, -0.05) is 47.7 Å². The number of fused-ring (bicyclic) bond motifs is 1. The molecule has 0 radical (unpaired) electrons. The molecule has 0 N–H and O–H groups in total. The molecule has 0 spiro atoms. The Morgan fingerprint density at radius 3 is 2.40 bits per heavy atom. The third kappa shape index (κ3) is 4.87. The van der Waals surface area contributed by atoms with Crippen molar-refractivity contribution >= 4 is 38.3 Å². The monoisotopic (exact) mass is 493 g/mol. The number of amides is 1. The second kappa shape index (κ2) is 10.4. The smallest absolute Gasteiger partial charge is 0.286 e. The quantitative estimate of drug-likeness (QED) is 0.225. The lowest BCUT2D eigenvalue weighted by Crippen LogP contribution is -2.31. The van der Waals surface area contributed by atoms with E-state index in [1.54, 1.807) is 0 Å². The molecule has 0 unspecified atom stereocenters. The molecule has 180 valence electrons. The van der Waals surface area contributed by atoms with Crippen LogP contribution in [0.1, 0.15) is 22.8 Å². The van der Waals surface area contributed by atoms with Gasteiger partial charge in [0.25, 0.3) is 11.6 Å². The Kier molecular flexibility index (Phi) is 7.11. The lowest BCUT2D eigenvalue weighted by Gasteiger charge is -2.21. The van der Waals surface area contributed by atoms with Gasteiger partial charge in [-0.25, -0.2) is 4.98 Å². The van der Waals surface area contributed by atoms with E-state index in [1.807, 2.05) is 55.5 Å². The Balaban J connectivity index is 1.87. The van der Waals surface area contributed by atoms with Gasteiger partial charge in [0.1, 0.15) is 16.8 Å². The molecule has 0 saturated heterocycles. The summed E-state index contributed by atoms with van der Waals surface area (Å²) in [5.41, 5.74) is 0.949. The molecule has 35 heavy (non-hydrogen) atoms. The summed E-state index contributed by atoms with van der Waals surface area (Å²) in [6.07, 6.45) is 0. The number of thiazole rings is 1. The van der Waals surface area contributed by atoms with Crippen LogP contribution in [0.4, 0.5) is 10.8 Å². The largest absolute Gasteiger partial charge is 0.493 e. The van der Waals surface area contributed by atoms with Crippen LogP contribution in [0.25, 0.3) is 10.2 Å². The van der Waals surface area contributed by atoms with Gasteiger partial charge in [-0.15, -0.1) is 0 Å². The van der Waals surface area contributed by atoms with Crippen LogP contribution in [0.15, 0.2) is 60.7 Å². The zero-order valence-electron chi connectivity index (χ0n) is 19.4. The summed E-state index contributed by atoms with van der Waals surface area (Å²) < 4.78 is 17.0. The standard InChI is InChI=1S/C25H23N3O6S/c1-4-34-19-11-8-12-22-23(19)26-25(35-22)27(15-16-9-6-5-7-10-16)24(29)17-13-20(32-2)21(33-3)14-18(17)28(30)31/h5-14H,4,15H2,1-3H3. The maximum absolute atomic E-state index is 13.9. The summed E-state index contributed by atoms with van der Waals surface area (Å²) in [5, 5.41) is 12.3. The Bertz CT molecular complexity index is 1370. The topological polar surface area (TPSA) is 104 Å². The van der Waals surface area contributed by atoms with Crippen LogP contribution in [0.5, 0.6) is 17.2 Å². The molecule has 0 atom stereocenters. The minimum Gasteiger partial charge on any atom is -0.493 e. The third-order valence-corrected chi connectivity index (χ3v) is 6.30. The number of carbonyl (C=O) groups is 1. The van der Waals surface area contributed by atoms with Gasteiger partial charge in [-0.3, -0.25) is 19.8 Å². The molecule has 1 heterocycles. The molecule has 0 aliphatic heterocycles. The average molecular weight is 494 g/mol. The van der Waals surface area contributed by atoms with Crippen molar-refractivity contribution in [1.29, 1.82) is 0 Å². The fourth-order valence-corrected chi connectivity index (χ4v) is 4.61. The fraction of sp³-hybridized carbons (Fsp3) is 0.200. The molecule has 9 nitrogen and oxygen atoms in total. The van der Waals surface area contributed by atoms with E-state index in [0.29, 0.717) is 23.0 Å². The molecular formula is C25H23N3O6S. The summed E-state index contributed by atoms with van der Waals surface area (Å²) in [6.45, 7) is 2.51. The molecule has 0 aliphatic rings. The normalized spacial score (nSPS) is 10.7. The van der Waals surface area contributed by atoms with Gasteiger partial charge in [-0.2, -0.15) is 0 Å². The van der Waals surface area contributed by atoms with Gasteiger partial charge in [0, 0.05) is 6.07 Å². The van der Waals surface area contributed by atoms with Crippen molar-refractivity contribution in [1.82, 2.24) is 4.98 Å². The van der Waals surface area contributed by atoms with Gasteiger partial charge in [-0.05, 0) is 24.6 Å². The average Bonchev–Trinajstić information content (AvgIpc) is 3.31. The number of nitrogens with zero attached hydrogens (tertiary/aromatic N) is 3. The number of rotatable bonds is 9. The summed E-state index contributed by atoms with van der Waals surface area (Å²) in [4.78, 5) is 31.3. The first-order chi connectivity index (χ1) is 17.0. The number of carbonyl (C=O) groups excluding carboxylic acids is 1. The highest BCUT2D eigenvalue weighted by Crippen LogP contribution is 2.38. The highest BCUT2D eigenvalue weighted by molar-refractivity contribution is 7.22. The second-order valence-corrected chi connectivity index (χ2v) is 8.40. The van der Waals surface area contributed by atoms with E-state index >= 15 is 0 Å². The number of ether oxygens (including phenoxy) is 3. The van der Waals surface area contributed by atoms with Crippen molar-refractivity contribution in [2.24, 2.45) is 0 Å². The summed E-state index contributed by atoms with van der Waals surface area (Å²) in [7, 11) is 2.78. The van der Waals surface area contributed by atoms with Crippen LogP contribution in [-0.2, 0) is 6.54 Å². The molecule has 0 aliphatic carbocycles. The molecule has 4 aromatic rings. The maximum atomic E-state index is 13.9. The summed E-state index contributed by atoms with van der Waals surface area (Å²) in [6, 6.07) is 17.4. The second-order valence-electron chi connectivity index (χ2n) is 7.39. The van der Waals surface area contributed by atoms with Crippen molar-refractivity contribution in [3.8, 4) is 17.2 Å². The van der Waals surface area contributed by atoms with Crippen molar-refractivity contribution in [2.45, 2.75) is 13.5 Å². The van der Waals surface area contributed by atoms with Crippen LogP contribution >= 0.6 is 11.3 Å². The maximum Gasteiger partial charge on any atom is 0.286 e. The Morgan fingerprint density at radius 2 is 1.74 bits per heavy atom. The fourth-order valence-electron chi connectivity index (χ4n) is 3.63. The summed E-state index contributed by atoms with van der Waals surface area (Å²) in [5.74, 6) is 0.394. The molecule has 10 heteroatoms. The van der Waals surface area contributed by atoms with E-state index < -0.39 is 10.8 Å². The van der Waals surface area contributed by atoms with E-state index in [1.165, 1.54) is 42.6 Å². The van der Waals surface area contributed by atoms with Crippen molar-refractivity contribution < 1.29 is 23.9 Å². The van der Waals surface area contributed by atoms with E-state index in [0.717, 1.165) is 10.3 Å². The number of hydrogen-bond donors (Lipinski definition) is 0. The van der Waals surface area contributed by atoms with E-state index in [9.17, 15) is 14.9 Å². The molecule has 1 amide bonds. The van der Waals surface area contributed by atoms with Crippen LogP contribution in [0.2, 0.25) is 0 Å². The molecule has 4 rings (SSSR count). The minimum atomic E-state index is -0.610. The van der Waals surface area contributed by atoms with Crippen molar-refractivity contribution in [2.75, 3.05) is 25.7 Å². The molecule has 0 bridgehead atoms. The molecule has 0 saturated carbocycles. The zero-order valence-corrected chi connectivity index (χ0v) is 20.2.